The second-order valence-corrected chi connectivity index (χ2v) is 9.82. The smallest absolute Gasteiger partial charge is 0.310 e. The zero-order valence-corrected chi connectivity index (χ0v) is 21.1. The van der Waals surface area contributed by atoms with Crippen LogP contribution in [0, 0.1) is 32.6 Å². The lowest BCUT2D eigenvalue weighted by atomic mass is 9.93. The lowest BCUT2D eigenvalue weighted by molar-refractivity contribution is -0.152. The van der Waals surface area contributed by atoms with Gasteiger partial charge in [0.25, 0.3) is 5.91 Å². The summed E-state index contributed by atoms with van der Waals surface area (Å²) in [7, 11) is 0. The molecule has 8 heteroatoms. The standard InChI is InChI=1S/C27H35N3O5/c1-5-34-27(33)21-9-7-10-29(16-21)25(31)20-8-6-11-30(15-20)26(32)22-14-23(35-28-22)24-18(3)12-17(2)13-19(24)4/h12-14,20-21H,5-11,15-16H2,1-4H3/t20-,21+/m0/s1. The molecule has 0 bridgehead atoms. The van der Waals surface area contributed by atoms with Crippen molar-refractivity contribution in [2.24, 2.45) is 11.8 Å². The van der Waals surface area contributed by atoms with Crippen molar-refractivity contribution in [1.82, 2.24) is 15.0 Å². The molecule has 4 rings (SSSR count). The number of aryl methyl sites for hydroxylation is 3. The first-order valence-corrected chi connectivity index (χ1v) is 12.6. The molecule has 2 aromatic rings. The zero-order chi connectivity index (χ0) is 25.1. The third-order valence-electron chi connectivity index (χ3n) is 7.06. The Bertz CT molecular complexity index is 1080. The fraction of sp³-hybridized carbons (Fsp3) is 0.556. The van der Waals surface area contributed by atoms with Crippen molar-refractivity contribution in [3.63, 3.8) is 0 Å². The van der Waals surface area contributed by atoms with E-state index in [2.05, 4.69) is 17.3 Å². The van der Waals surface area contributed by atoms with E-state index < -0.39 is 0 Å². The van der Waals surface area contributed by atoms with E-state index in [0.29, 0.717) is 38.5 Å². The number of rotatable bonds is 5. The molecule has 0 N–H and O–H groups in total. The van der Waals surface area contributed by atoms with Crippen LogP contribution in [0.1, 0.15) is 59.8 Å². The molecule has 0 aliphatic carbocycles. The molecular formula is C27H35N3O5. The number of aromatic nitrogens is 1. The third-order valence-corrected chi connectivity index (χ3v) is 7.06. The van der Waals surface area contributed by atoms with Crippen molar-refractivity contribution < 1.29 is 23.6 Å². The van der Waals surface area contributed by atoms with E-state index in [4.69, 9.17) is 9.26 Å². The van der Waals surface area contributed by atoms with Crippen molar-refractivity contribution in [1.29, 1.82) is 0 Å². The van der Waals surface area contributed by atoms with Crippen LogP contribution in [0.3, 0.4) is 0 Å². The van der Waals surface area contributed by atoms with Crippen LogP contribution in [0.15, 0.2) is 22.7 Å². The molecule has 2 aliphatic heterocycles. The molecule has 0 saturated carbocycles. The predicted octanol–water partition coefficient (Wildman–Crippen LogP) is 3.92. The van der Waals surface area contributed by atoms with Crippen LogP contribution in [0.5, 0.6) is 0 Å². The topological polar surface area (TPSA) is 93.0 Å². The molecule has 2 amide bonds. The first kappa shape index (κ1) is 24.9. The summed E-state index contributed by atoms with van der Waals surface area (Å²) in [6.07, 6.45) is 3.00. The molecule has 188 valence electrons. The quantitative estimate of drug-likeness (QED) is 0.601. The highest BCUT2D eigenvalue weighted by molar-refractivity contribution is 5.94. The second kappa shape index (κ2) is 10.6. The number of ether oxygens (including phenoxy) is 1. The summed E-state index contributed by atoms with van der Waals surface area (Å²) >= 11 is 0. The molecule has 35 heavy (non-hydrogen) atoms. The number of esters is 1. The van der Waals surface area contributed by atoms with Gasteiger partial charge in [0.05, 0.1) is 18.4 Å². The largest absolute Gasteiger partial charge is 0.466 e. The number of nitrogens with zero attached hydrogens (tertiary/aromatic N) is 3. The lowest BCUT2D eigenvalue weighted by Gasteiger charge is -2.37. The van der Waals surface area contributed by atoms with Gasteiger partial charge in [0, 0.05) is 37.8 Å². The minimum atomic E-state index is -0.276. The van der Waals surface area contributed by atoms with Gasteiger partial charge >= 0.3 is 5.97 Å². The van der Waals surface area contributed by atoms with E-state index >= 15 is 0 Å². The molecule has 0 unspecified atom stereocenters. The zero-order valence-electron chi connectivity index (χ0n) is 21.1. The van der Waals surface area contributed by atoms with Crippen LogP contribution < -0.4 is 0 Å². The third kappa shape index (κ3) is 5.41. The fourth-order valence-corrected chi connectivity index (χ4v) is 5.48. The van der Waals surface area contributed by atoms with E-state index in [-0.39, 0.29) is 35.3 Å². The van der Waals surface area contributed by atoms with Crippen LogP contribution in [-0.4, -0.2) is 65.5 Å². The van der Waals surface area contributed by atoms with E-state index in [1.807, 2.05) is 20.8 Å². The minimum Gasteiger partial charge on any atom is -0.466 e. The SMILES string of the molecule is CCOC(=O)[C@@H]1CCCN(C(=O)[C@H]2CCCN(C(=O)c3cc(-c4c(C)cc(C)cc4C)on3)C2)C1. The number of hydrogen-bond donors (Lipinski definition) is 0. The van der Waals surface area contributed by atoms with E-state index in [1.54, 1.807) is 22.8 Å². The average Bonchev–Trinajstić information content (AvgIpc) is 3.32. The molecule has 2 atom stereocenters. The van der Waals surface area contributed by atoms with Crippen LogP contribution in [-0.2, 0) is 14.3 Å². The molecular weight excluding hydrogens is 446 g/mol. The molecule has 1 aromatic carbocycles. The number of hydrogen-bond acceptors (Lipinski definition) is 6. The van der Waals surface area contributed by atoms with Gasteiger partial charge in [-0.25, -0.2) is 0 Å². The van der Waals surface area contributed by atoms with Gasteiger partial charge in [-0.3, -0.25) is 14.4 Å². The van der Waals surface area contributed by atoms with E-state index in [0.717, 1.165) is 42.4 Å². The number of amides is 2. The Kier molecular flexibility index (Phi) is 7.57. The Morgan fingerprint density at radius 2 is 1.60 bits per heavy atom. The second-order valence-electron chi connectivity index (χ2n) is 9.82. The molecule has 3 heterocycles. The molecule has 0 spiro atoms. The van der Waals surface area contributed by atoms with Gasteiger partial charge in [0.15, 0.2) is 11.5 Å². The molecule has 2 aliphatic rings. The van der Waals surface area contributed by atoms with Gasteiger partial charge in [-0.05, 0) is 64.5 Å². The van der Waals surface area contributed by atoms with Gasteiger partial charge in [0.2, 0.25) is 5.91 Å². The number of carbonyl (C=O) groups is 3. The van der Waals surface area contributed by atoms with Crippen molar-refractivity contribution in [2.75, 3.05) is 32.8 Å². The summed E-state index contributed by atoms with van der Waals surface area (Å²) < 4.78 is 10.7. The summed E-state index contributed by atoms with van der Waals surface area (Å²) in [5.41, 5.74) is 4.53. The molecule has 8 nitrogen and oxygen atoms in total. The summed E-state index contributed by atoms with van der Waals surface area (Å²) in [6.45, 7) is 10.2. The maximum atomic E-state index is 13.3. The number of likely N-dealkylation sites (tertiary alicyclic amines) is 2. The van der Waals surface area contributed by atoms with Crippen LogP contribution in [0.2, 0.25) is 0 Å². The first-order chi connectivity index (χ1) is 16.8. The van der Waals surface area contributed by atoms with Crippen molar-refractivity contribution in [2.45, 2.75) is 53.4 Å². The Morgan fingerprint density at radius 1 is 0.971 bits per heavy atom. The maximum Gasteiger partial charge on any atom is 0.310 e. The van der Waals surface area contributed by atoms with Crippen LogP contribution >= 0.6 is 0 Å². The highest BCUT2D eigenvalue weighted by atomic mass is 16.5. The van der Waals surface area contributed by atoms with Gasteiger partial charge in [-0.1, -0.05) is 22.9 Å². The Morgan fingerprint density at radius 3 is 2.29 bits per heavy atom. The monoisotopic (exact) mass is 481 g/mol. The number of benzene rings is 1. The maximum absolute atomic E-state index is 13.3. The van der Waals surface area contributed by atoms with Crippen molar-refractivity contribution in [3.8, 4) is 11.3 Å². The summed E-state index contributed by atoms with van der Waals surface area (Å²) in [5, 5.41) is 4.07. The highest BCUT2D eigenvalue weighted by Crippen LogP contribution is 2.30. The van der Waals surface area contributed by atoms with Crippen molar-refractivity contribution >= 4 is 17.8 Å². The van der Waals surface area contributed by atoms with E-state index in [1.165, 1.54) is 5.56 Å². The Labute approximate surface area is 206 Å². The summed E-state index contributed by atoms with van der Waals surface area (Å²) in [5.74, 6) is -0.401. The molecule has 2 saturated heterocycles. The average molecular weight is 482 g/mol. The van der Waals surface area contributed by atoms with E-state index in [9.17, 15) is 14.4 Å². The lowest BCUT2D eigenvalue weighted by Crippen LogP contribution is -2.50. The normalized spacial score (nSPS) is 20.6. The molecule has 2 fully saturated rings. The number of carbonyl (C=O) groups excluding carboxylic acids is 3. The molecule has 0 radical (unpaired) electrons. The molecule has 1 aromatic heterocycles. The fourth-order valence-electron chi connectivity index (χ4n) is 5.48. The van der Waals surface area contributed by atoms with Gasteiger partial charge in [-0.15, -0.1) is 0 Å². The summed E-state index contributed by atoms with van der Waals surface area (Å²) in [4.78, 5) is 42.2. The van der Waals surface area contributed by atoms with Crippen LogP contribution in [0.25, 0.3) is 11.3 Å². The highest BCUT2D eigenvalue weighted by Gasteiger charge is 2.36. The first-order valence-electron chi connectivity index (χ1n) is 12.6. The minimum absolute atomic E-state index is 0.0169. The van der Waals surface area contributed by atoms with Gasteiger partial charge in [0.1, 0.15) is 0 Å². The predicted molar refractivity (Wildman–Crippen MR) is 131 cm³/mol. The Balaban J connectivity index is 1.43. The van der Waals surface area contributed by atoms with Gasteiger partial charge < -0.3 is 19.1 Å². The van der Waals surface area contributed by atoms with Crippen molar-refractivity contribution in [3.05, 3.63) is 40.6 Å². The number of piperidine rings is 2. The van der Waals surface area contributed by atoms with Gasteiger partial charge in [-0.2, -0.15) is 0 Å². The summed E-state index contributed by atoms with van der Waals surface area (Å²) in [6, 6.07) is 5.87. The van der Waals surface area contributed by atoms with Crippen LogP contribution in [0.4, 0.5) is 0 Å². The Hall–Kier alpha value is -3.16.